The van der Waals surface area contributed by atoms with Gasteiger partial charge in [-0.1, -0.05) is 0 Å². The Morgan fingerprint density at radius 2 is 2.24 bits per heavy atom. The molecular formula is C11H21N3O3. The number of rotatable bonds is 3. The van der Waals surface area contributed by atoms with Gasteiger partial charge in [-0.25, -0.2) is 10.2 Å². The van der Waals surface area contributed by atoms with Gasteiger partial charge in [-0.3, -0.25) is 9.80 Å². The van der Waals surface area contributed by atoms with E-state index in [2.05, 4.69) is 10.7 Å². The summed E-state index contributed by atoms with van der Waals surface area (Å²) in [5.41, 5.74) is 2.44. The first kappa shape index (κ1) is 13.8. The number of hydrazine groups is 1. The minimum atomic E-state index is -0.508. The summed E-state index contributed by atoms with van der Waals surface area (Å²) < 4.78 is 5.13. The third-order valence-electron chi connectivity index (χ3n) is 2.16. The molecular weight excluding hydrogens is 222 g/mol. The quantitative estimate of drug-likeness (QED) is 0.763. The number of hydrogen-bond donors (Lipinski definition) is 2. The second kappa shape index (κ2) is 5.35. The molecule has 2 amide bonds. The van der Waals surface area contributed by atoms with Crippen molar-refractivity contribution >= 4 is 12.0 Å². The first-order chi connectivity index (χ1) is 7.78. The largest absolute Gasteiger partial charge is 0.444 e. The van der Waals surface area contributed by atoms with Gasteiger partial charge >= 0.3 is 6.09 Å². The maximum absolute atomic E-state index is 11.5. The van der Waals surface area contributed by atoms with E-state index in [1.54, 1.807) is 0 Å². The summed E-state index contributed by atoms with van der Waals surface area (Å²) in [4.78, 5) is 22.8. The summed E-state index contributed by atoms with van der Waals surface area (Å²) in [7, 11) is 0. The monoisotopic (exact) mass is 243 g/mol. The zero-order valence-corrected chi connectivity index (χ0v) is 10.9. The van der Waals surface area contributed by atoms with E-state index in [4.69, 9.17) is 4.74 Å². The molecule has 0 aliphatic carbocycles. The zero-order chi connectivity index (χ0) is 13.1. The van der Waals surface area contributed by atoms with Gasteiger partial charge in [-0.2, -0.15) is 0 Å². The molecule has 1 rings (SSSR count). The van der Waals surface area contributed by atoms with Crippen molar-refractivity contribution in [3.05, 3.63) is 0 Å². The fourth-order valence-electron chi connectivity index (χ4n) is 1.52. The van der Waals surface area contributed by atoms with Crippen molar-refractivity contribution in [2.75, 3.05) is 13.1 Å². The van der Waals surface area contributed by atoms with Crippen LogP contribution in [-0.2, 0) is 9.53 Å². The number of hydrogen-bond acceptors (Lipinski definition) is 4. The molecule has 1 atom stereocenters. The highest BCUT2D eigenvalue weighted by Crippen LogP contribution is 2.07. The van der Waals surface area contributed by atoms with Crippen molar-refractivity contribution < 1.29 is 14.3 Å². The van der Waals surface area contributed by atoms with E-state index in [0.717, 1.165) is 0 Å². The number of nitrogens with one attached hydrogen (secondary N) is 2. The van der Waals surface area contributed by atoms with Crippen LogP contribution in [0.15, 0.2) is 0 Å². The molecule has 1 aliphatic heterocycles. The minimum Gasteiger partial charge on any atom is -0.444 e. The second-order valence-electron chi connectivity index (χ2n) is 5.21. The van der Waals surface area contributed by atoms with Gasteiger partial charge in [0.05, 0.1) is 6.54 Å². The fraction of sp³-hybridized carbons (Fsp3) is 0.818. The van der Waals surface area contributed by atoms with Crippen molar-refractivity contribution in [3.8, 4) is 0 Å². The lowest BCUT2D eigenvalue weighted by Crippen LogP contribution is -2.47. The Bertz CT molecular complexity index is 299. The highest BCUT2D eigenvalue weighted by atomic mass is 16.6. The molecule has 17 heavy (non-hydrogen) atoms. The second-order valence-corrected chi connectivity index (χ2v) is 5.21. The van der Waals surface area contributed by atoms with E-state index in [1.807, 2.05) is 27.7 Å². The molecule has 1 aliphatic rings. The Hall–Kier alpha value is -1.30. The molecule has 6 nitrogen and oxygen atoms in total. The van der Waals surface area contributed by atoms with Crippen LogP contribution in [0, 0.1) is 0 Å². The van der Waals surface area contributed by atoms with Gasteiger partial charge in [-0.15, -0.1) is 0 Å². The van der Waals surface area contributed by atoms with E-state index in [0.29, 0.717) is 19.5 Å². The summed E-state index contributed by atoms with van der Waals surface area (Å²) in [5, 5.41) is 4.22. The van der Waals surface area contributed by atoms with Crippen molar-refractivity contribution in [1.29, 1.82) is 0 Å². The standard InChI is InChI=1S/C11H21N3O3/c1-8(7-14-9(15)5-6-12-14)13-10(16)17-11(2,3)4/h8,12H,5-7H2,1-4H3,(H,13,16). The molecule has 0 saturated carbocycles. The summed E-state index contributed by atoms with van der Waals surface area (Å²) in [6, 6.07) is -0.153. The van der Waals surface area contributed by atoms with Gasteiger partial charge < -0.3 is 10.1 Å². The first-order valence-corrected chi connectivity index (χ1v) is 5.81. The lowest BCUT2D eigenvalue weighted by molar-refractivity contribution is -0.129. The van der Waals surface area contributed by atoms with Crippen LogP contribution < -0.4 is 10.7 Å². The van der Waals surface area contributed by atoms with Gasteiger partial charge in [0.2, 0.25) is 5.91 Å². The van der Waals surface area contributed by atoms with Gasteiger partial charge in [0.25, 0.3) is 0 Å². The number of ether oxygens (including phenoxy) is 1. The van der Waals surface area contributed by atoms with Crippen LogP contribution in [0.2, 0.25) is 0 Å². The van der Waals surface area contributed by atoms with Crippen molar-refractivity contribution in [2.45, 2.75) is 45.8 Å². The molecule has 0 aromatic carbocycles. The minimum absolute atomic E-state index is 0.0582. The third-order valence-corrected chi connectivity index (χ3v) is 2.16. The van der Waals surface area contributed by atoms with E-state index >= 15 is 0 Å². The molecule has 0 aromatic rings. The van der Waals surface area contributed by atoms with Crippen LogP contribution >= 0.6 is 0 Å². The fourth-order valence-corrected chi connectivity index (χ4v) is 1.52. The molecule has 0 bridgehead atoms. The molecule has 1 unspecified atom stereocenters. The van der Waals surface area contributed by atoms with E-state index < -0.39 is 11.7 Å². The average Bonchev–Trinajstić information content (AvgIpc) is 2.47. The normalized spacial score (nSPS) is 18.1. The molecule has 2 N–H and O–H groups in total. The number of nitrogens with zero attached hydrogens (tertiary/aromatic N) is 1. The van der Waals surface area contributed by atoms with Crippen molar-refractivity contribution in [2.24, 2.45) is 0 Å². The lowest BCUT2D eigenvalue weighted by Gasteiger charge is -2.24. The smallest absolute Gasteiger partial charge is 0.407 e. The van der Waals surface area contributed by atoms with Gasteiger partial charge in [0, 0.05) is 19.0 Å². The van der Waals surface area contributed by atoms with Crippen LogP contribution in [0.4, 0.5) is 4.79 Å². The van der Waals surface area contributed by atoms with E-state index in [1.165, 1.54) is 5.01 Å². The molecule has 1 fully saturated rings. The van der Waals surface area contributed by atoms with Crippen LogP contribution in [0.1, 0.15) is 34.1 Å². The molecule has 0 radical (unpaired) electrons. The van der Waals surface area contributed by atoms with Crippen LogP contribution in [-0.4, -0.2) is 41.7 Å². The van der Waals surface area contributed by atoms with Crippen molar-refractivity contribution in [3.63, 3.8) is 0 Å². The topological polar surface area (TPSA) is 70.7 Å². The molecule has 0 spiro atoms. The lowest BCUT2D eigenvalue weighted by atomic mass is 10.2. The Morgan fingerprint density at radius 1 is 1.59 bits per heavy atom. The summed E-state index contributed by atoms with van der Waals surface area (Å²) in [5.74, 6) is 0.0582. The number of alkyl carbamates (subject to hydrolysis) is 1. The van der Waals surface area contributed by atoms with E-state index in [-0.39, 0.29) is 11.9 Å². The summed E-state index contributed by atoms with van der Waals surface area (Å²) >= 11 is 0. The number of amides is 2. The highest BCUT2D eigenvalue weighted by Gasteiger charge is 2.23. The Kier molecular flexibility index (Phi) is 4.34. The predicted octanol–water partition coefficient (Wildman–Crippen LogP) is 0.636. The summed E-state index contributed by atoms with van der Waals surface area (Å²) in [6.07, 6.45) is 0.0516. The molecule has 1 heterocycles. The molecule has 1 saturated heterocycles. The predicted molar refractivity (Wildman–Crippen MR) is 63.2 cm³/mol. The number of carbonyl (C=O) groups is 2. The first-order valence-electron chi connectivity index (χ1n) is 5.81. The SMILES string of the molecule is CC(CN1NCCC1=O)NC(=O)OC(C)(C)C. The van der Waals surface area contributed by atoms with Crippen LogP contribution in [0.3, 0.4) is 0 Å². The van der Waals surface area contributed by atoms with Crippen LogP contribution in [0.5, 0.6) is 0 Å². The van der Waals surface area contributed by atoms with Crippen molar-refractivity contribution in [1.82, 2.24) is 15.8 Å². The highest BCUT2D eigenvalue weighted by molar-refractivity contribution is 5.77. The number of carbonyl (C=O) groups excluding carboxylic acids is 2. The van der Waals surface area contributed by atoms with Crippen LogP contribution in [0.25, 0.3) is 0 Å². The maximum atomic E-state index is 11.5. The van der Waals surface area contributed by atoms with E-state index in [9.17, 15) is 9.59 Å². The Morgan fingerprint density at radius 3 is 2.71 bits per heavy atom. The van der Waals surface area contributed by atoms with Gasteiger partial charge in [0.15, 0.2) is 0 Å². The molecule has 6 heteroatoms. The summed E-state index contributed by atoms with van der Waals surface area (Å²) in [6.45, 7) is 8.36. The Balaban J connectivity index is 2.31. The average molecular weight is 243 g/mol. The zero-order valence-electron chi connectivity index (χ0n) is 10.9. The molecule has 98 valence electrons. The molecule has 0 aromatic heterocycles. The maximum Gasteiger partial charge on any atom is 0.407 e. The third kappa shape index (κ3) is 5.04. The Labute approximate surface area is 102 Å². The van der Waals surface area contributed by atoms with Gasteiger partial charge in [0.1, 0.15) is 5.60 Å². The van der Waals surface area contributed by atoms with Gasteiger partial charge in [-0.05, 0) is 27.7 Å².